The lowest BCUT2D eigenvalue weighted by Crippen LogP contribution is -2.27. The highest BCUT2D eigenvalue weighted by Crippen LogP contribution is 2.52. The van der Waals surface area contributed by atoms with E-state index in [4.69, 9.17) is 4.74 Å². The van der Waals surface area contributed by atoms with Gasteiger partial charge in [-0.05, 0) is 23.8 Å². The van der Waals surface area contributed by atoms with E-state index in [9.17, 15) is 0 Å². The van der Waals surface area contributed by atoms with Gasteiger partial charge in [0.05, 0.1) is 24.7 Å². The van der Waals surface area contributed by atoms with Gasteiger partial charge in [0, 0.05) is 49.4 Å². The van der Waals surface area contributed by atoms with Crippen molar-refractivity contribution in [1.29, 1.82) is 0 Å². The second-order valence-electron chi connectivity index (χ2n) is 7.32. The number of fused-ring (bicyclic) bond motifs is 1. The topological polar surface area (TPSA) is 89.8 Å². The summed E-state index contributed by atoms with van der Waals surface area (Å²) in [6.07, 6.45) is 13.1. The Bertz CT molecular complexity index is 921. The van der Waals surface area contributed by atoms with Crippen LogP contribution in [0.2, 0.25) is 0 Å². The van der Waals surface area contributed by atoms with Crippen molar-refractivity contribution in [2.24, 2.45) is 17.8 Å². The Kier molecular flexibility index (Phi) is 4.31. The van der Waals surface area contributed by atoms with Gasteiger partial charge in [-0.1, -0.05) is 6.92 Å². The van der Waals surface area contributed by atoms with E-state index in [1.807, 2.05) is 12.4 Å². The Morgan fingerprint density at radius 3 is 2.32 bits per heavy atom. The molecule has 1 saturated carbocycles. The van der Waals surface area contributed by atoms with Gasteiger partial charge in [0.1, 0.15) is 6.33 Å². The molecule has 0 spiro atoms. The maximum absolute atomic E-state index is 5.87. The molecule has 5 rings (SSSR count). The van der Waals surface area contributed by atoms with Gasteiger partial charge in [-0.25, -0.2) is 29.9 Å². The summed E-state index contributed by atoms with van der Waals surface area (Å²) in [5.74, 6) is 3.29. The fourth-order valence-corrected chi connectivity index (χ4v) is 3.91. The normalized spacial score (nSPS) is 22.8. The summed E-state index contributed by atoms with van der Waals surface area (Å²) in [5.41, 5.74) is 2.75. The fourth-order valence-electron chi connectivity index (χ4n) is 3.91. The van der Waals surface area contributed by atoms with Gasteiger partial charge < -0.3 is 9.64 Å². The first kappa shape index (κ1) is 17.0. The number of hydrogen-bond acceptors (Lipinski definition) is 8. The van der Waals surface area contributed by atoms with Crippen LogP contribution >= 0.6 is 0 Å². The first-order valence-corrected chi connectivity index (χ1v) is 9.58. The van der Waals surface area contributed by atoms with Crippen LogP contribution in [0.3, 0.4) is 0 Å². The predicted molar refractivity (Wildman–Crippen MR) is 103 cm³/mol. The molecule has 0 radical (unpaired) electrons. The standard InChI is InChI=1S/C20H21N7O/c1-2-13-3-25-20(26-4-13)27-9-15-16(10-27)17(15)11-28-19-8-23-18(7-24-19)14-5-21-12-22-6-14/h3-8,12,15-17H,2,9-11H2,1H3/t15-,16?,17+/m1/s1. The maximum atomic E-state index is 5.87. The zero-order valence-electron chi connectivity index (χ0n) is 15.6. The van der Waals surface area contributed by atoms with Crippen molar-refractivity contribution >= 4 is 5.95 Å². The van der Waals surface area contributed by atoms with Gasteiger partial charge in [-0.3, -0.25) is 0 Å². The SMILES string of the molecule is CCc1cnc(N2CC3[C@@H](COc4cnc(-c5cncnc5)cn4)[C@@H]3C2)nc1. The zero-order valence-corrected chi connectivity index (χ0v) is 15.6. The number of piperidine rings is 1. The van der Waals surface area contributed by atoms with E-state index in [1.165, 1.54) is 11.9 Å². The van der Waals surface area contributed by atoms with E-state index < -0.39 is 0 Å². The number of ether oxygens (including phenoxy) is 1. The van der Waals surface area contributed by atoms with Gasteiger partial charge in [0.25, 0.3) is 0 Å². The number of rotatable bonds is 6. The second-order valence-corrected chi connectivity index (χ2v) is 7.32. The minimum Gasteiger partial charge on any atom is -0.476 e. The maximum Gasteiger partial charge on any atom is 0.232 e. The Morgan fingerprint density at radius 1 is 0.929 bits per heavy atom. The van der Waals surface area contributed by atoms with E-state index >= 15 is 0 Å². The summed E-state index contributed by atoms with van der Waals surface area (Å²) in [6.45, 7) is 4.80. The largest absolute Gasteiger partial charge is 0.476 e. The summed E-state index contributed by atoms with van der Waals surface area (Å²) in [5, 5.41) is 0. The average Bonchev–Trinajstić information content (AvgIpc) is 3.22. The molecule has 8 heteroatoms. The van der Waals surface area contributed by atoms with E-state index in [0.29, 0.717) is 30.2 Å². The summed E-state index contributed by atoms with van der Waals surface area (Å²) >= 11 is 0. The lowest BCUT2D eigenvalue weighted by Gasteiger charge is -2.19. The van der Waals surface area contributed by atoms with Crippen molar-refractivity contribution in [3.8, 4) is 17.1 Å². The van der Waals surface area contributed by atoms with Crippen LogP contribution < -0.4 is 9.64 Å². The third kappa shape index (κ3) is 3.26. The lowest BCUT2D eigenvalue weighted by atomic mass is 10.2. The molecular weight excluding hydrogens is 354 g/mol. The van der Waals surface area contributed by atoms with Crippen LogP contribution in [-0.2, 0) is 6.42 Å². The third-order valence-corrected chi connectivity index (χ3v) is 5.66. The summed E-state index contributed by atoms with van der Waals surface area (Å²) < 4.78 is 5.87. The highest BCUT2D eigenvalue weighted by Gasteiger charge is 2.56. The van der Waals surface area contributed by atoms with Crippen molar-refractivity contribution in [3.63, 3.8) is 0 Å². The van der Waals surface area contributed by atoms with Crippen molar-refractivity contribution in [2.45, 2.75) is 13.3 Å². The van der Waals surface area contributed by atoms with Crippen molar-refractivity contribution in [1.82, 2.24) is 29.9 Å². The van der Waals surface area contributed by atoms with Crippen molar-refractivity contribution < 1.29 is 4.74 Å². The van der Waals surface area contributed by atoms with Crippen LogP contribution in [0.5, 0.6) is 5.88 Å². The molecule has 8 nitrogen and oxygen atoms in total. The smallest absolute Gasteiger partial charge is 0.232 e. The van der Waals surface area contributed by atoms with Gasteiger partial charge >= 0.3 is 0 Å². The summed E-state index contributed by atoms with van der Waals surface area (Å²) in [7, 11) is 0. The molecular formula is C20H21N7O. The summed E-state index contributed by atoms with van der Waals surface area (Å²) in [4.78, 5) is 28.0. The fraction of sp³-hybridized carbons (Fsp3) is 0.400. The molecule has 0 amide bonds. The average molecular weight is 375 g/mol. The molecule has 142 valence electrons. The molecule has 1 aliphatic carbocycles. The molecule has 0 aromatic carbocycles. The van der Waals surface area contributed by atoms with Crippen LogP contribution in [-0.4, -0.2) is 49.6 Å². The molecule has 2 fully saturated rings. The van der Waals surface area contributed by atoms with Crippen molar-refractivity contribution in [2.75, 3.05) is 24.6 Å². The van der Waals surface area contributed by atoms with Crippen LogP contribution in [0.15, 0.2) is 43.5 Å². The van der Waals surface area contributed by atoms with Gasteiger partial charge in [0.2, 0.25) is 11.8 Å². The van der Waals surface area contributed by atoms with Crippen molar-refractivity contribution in [3.05, 3.63) is 49.1 Å². The third-order valence-electron chi connectivity index (χ3n) is 5.66. The molecule has 1 aliphatic heterocycles. The van der Waals surface area contributed by atoms with Gasteiger partial charge in [-0.15, -0.1) is 0 Å². The number of aromatic nitrogens is 6. The lowest BCUT2D eigenvalue weighted by molar-refractivity contribution is 0.271. The quantitative estimate of drug-likeness (QED) is 0.647. The number of nitrogens with zero attached hydrogens (tertiary/aromatic N) is 7. The summed E-state index contributed by atoms with van der Waals surface area (Å²) in [6, 6.07) is 0. The highest BCUT2D eigenvalue weighted by molar-refractivity contribution is 5.55. The Hall–Kier alpha value is -3.16. The Morgan fingerprint density at radius 2 is 1.68 bits per heavy atom. The molecule has 4 heterocycles. The molecule has 28 heavy (non-hydrogen) atoms. The molecule has 0 N–H and O–H groups in total. The molecule has 3 aromatic rings. The first-order chi connectivity index (χ1) is 13.8. The molecule has 1 saturated heterocycles. The molecule has 3 atom stereocenters. The van der Waals surface area contributed by atoms with Crippen LogP contribution in [0.1, 0.15) is 12.5 Å². The Labute approximate surface area is 163 Å². The molecule has 1 unspecified atom stereocenters. The highest BCUT2D eigenvalue weighted by atomic mass is 16.5. The van der Waals surface area contributed by atoms with Crippen LogP contribution in [0.25, 0.3) is 11.3 Å². The Balaban J connectivity index is 1.13. The van der Waals surface area contributed by atoms with E-state index in [-0.39, 0.29) is 0 Å². The molecule has 0 bridgehead atoms. The van der Waals surface area contributed by atoms with E-state index in [0.717, 1.165) is 36.7 Å². The van der Waals surface area contributed by atoms with Gasteiger partial charge in [0.15, 0.2) is 0 Å². The minimum atomic E-state index is 0.556. The van der Waals surface area contributed by atoms with Crippen LogP contribution in [0.4, 0.5) is 5.95 Å². The molecule has 2 aliphatic rings. The van der Waals surface area contributed by atoms with E-state index in [1.54, 1.807) is 24.8 Å². The number of aryl methyl sites for hydroxylation is 1. The zero-order chi connectivity index (χ0) is 18.9. The molecule has 3 aromatic heterocycles. The first-order valence-electron chi connectivity index (χ1n) is 9.58. The van der Waals surface area contributed by atoms with Gasteiger partial charge in [-0.2, -0.15) is 0 Å². The van der Waals surface area contributed by atoms with E-state index in [2.05, 4.69) is 41.7 Å². The second kappa shape index (κ2) is 7.10. The monoisotopic (exact) mass is 375 g/mol. The van der Waals surface area contributed by atoms with Crippen LogP contribution in [0, 0.1) is 17.8 Å². The predicted octanol–water partition coefficient (Wildman–Crippen LogP) is 2.05. The minimum absolute atomic E-state index is 0.556. The number of anilines is 1. The number of hydrogen-bond donors (Lipinski definition) is 0.